The number of hydrogen-bond donors (Lipinski definition) is 3. The van der Waals surface area contributed by atoms with Crippen molar-refractivity contribution in [3.8, 4) is 11.8 Å². The van der Waals surface area contributed by atoms with Gasteiger partial charge in [-0.05, 0) is 160 Å². The number of fused-ring (bicyclic) bond motifs is 3. The third-order valence-electron chi connectivity index (χ3n) is 20.8. The maximum absolute atomic E-state index is 16.5. The van der Waals surface area contributed by atoms with Crippen molar-refractivity contribution in [2.24, 2.45) is 62.6 Å². The van der Waals surface area contributed by atoms with E-state index in [2.05, 4.69) is 93.3 Å². The van der Waals surface area contributed by atoms with Crippen molar-refractivity contribution in [1.29, 1.82) is 0 Å². The first-order valence-electron chi connectivity index (χ1n) is 27.7. The third kappa shape index (κ3) is 9.08. The first kappa shape index (κ1) is 50.8. The van der Waals surface area contributed by atoms with Gasteiger partial charge in [0.25, 0.3) is 0 Å². The first-order chi connectivity index (χ1) is 33.7. The van der Waals surface area contributed by atoms with Crippen LogP contribution in [0.3, 0.4) is 0 Å². The summed E-state index contributed by atoms with van der Waals surface area (Å²) in [6.45, 7) is 6.95. The molecular formula is C61H82O7S2. The van der Waals surface area contributed by atoms with Crippen molar-refractivity contribution in [2.75, 3.05) is 18.1 Å². The molecule has 2 spiro atoms. The van der Waals surface area contributed by atoms with Gasteiger partial charge in [-0.15, -0.1) is 5.92 Å². The van der Waals surface area contributed by atoms with Gasteiger partial charge in [-0.2, -0.15) is 0 Å². The summed E-state index contributed by atoms with van der Waals surface area (Å²) in [7, 11) is 3.98. The number of hydrogen-bond acceptors (Lipinski definition) is 9. The molecule has 3 N–H and O–H groups in total. The zero-order chi connectivity index (χ0) is 48.8. The van der Waals surface area contributed by atoms with Gasteiger partial charge in [-0.25, -0.2) is 4.79 Å². The molecule has 5 saturated carbocycles. The number of carbonyl (C=O) groups excluding carboxylic acids is 2. The minimum Gasteiger partial charge on any atom is -0.462 e. The molecular weight excluding hydrogens is 909 g/mol. The summed E-state index contributed by atoms with van der Waals surface area (Å²) in [6, 6.07) is 21.7. The number of cyclic esters (lactones) is 1. The molecule has 1 saturated heterocycles. The monoisotopic (exact) mass is 991 g/mol. The Morgan fingerprint density at radius 2 is 1.43 bits per heavy atom. The second-order valence-corrected chi connectivity index (χ2v) is 27.4. The number of esters is 2. The van der Waals surface area contributed by atoms with Crippen LogP contribution in [0.2, 0.25) is 0 Å². The smallest absolute Gasteiger partial charge is 0.331 e. The Morgan fingerprint density at radius 1 is 0.757 bits per heavy atom. The second-order valence-electron chi connectivity index (χ2n) is 24.8. The van der Waals surface area contributed by atoms with E-state index in [1.54, 1.807) is 6.08 Å². The van der Waals surface area contributed by atoms with Crippen molar-refractivity contribution in [1.82, 2.24) is 0 Å². The topological polar surface area (TPSA) is 113 Å². The molecule has 380 valence electrons. The molecule has 7 nitrogen and oxygen atoms in total. The van der Waals surface area contributed by atoms with E-state index in [0.29, 0.717) is 44.4 Å². The number of carbonyl (C=O) groups is 2. The lowest BCUT2D eigenvalue weighted by Crippen LogP contribution is -2.79. The van der Waals surface area contributed by atoms with Gasteiger partial charge in [-0.3, -0.25) is 4.79 Å². The molecule has 0 amide bonds. The Kier molecular flexibility index (Phi) is 14.9. The average molecular weight is 991 g/mol. The Balaban J connectivity index is 1.17. The quantitative estimate of drug-likeness (QED) is 0.135. The van der Waals surface area contributed by atoms with Crippen LogP contribution in [0.5, 0.6) is 0 Å². The first-order valence-corrected chi connectivity index (χ1v) is 30.2. The number of aliphatic hydroxyl groups is 3. The summed E-state index contributed by atoms with van der Waals surface area (Å²) in [5.74, 6) is 9.75. The van der Waals surface area contributed by atoms with Crippen molar-refractivity contribution in [2.45, 2.75) is 186 Å². The molecule has 13 unspecified atom stereocenters. The minimum atomic E-state index is -1.72. The summed E-state index contributed by atoms with van der Waals surface area (Å²) in [5.41, 5.74) is -2.25. The van der Waals surface area contributed by atoms with E-state index in [0.717, 1.165) is 94.1 Å². The Hall–Kier alpha value is -2.74. The van der Waals surface area contributed by atoms with Crippen LogP contribution >= 0.6 is 21.6 Å². The lowest BCUT2D eigenvalue weighted by atomic mass is 9.35. The van der Waals surface area contributed by atoms with Gasteiger partial charge in [0.2, 0.25) is 0 Å². The molecule has 3 aliphatic heterocycles. The van der Waals surface area contributed by atoms with Crippen molar-refractivity contribution >= 4 is 33.5 Å². The van der Waals surface area contributed by atoms with E-state index in [-0.39, 0.29) is 54.1 Å². The normalized spacial score (nSPS) is 41.2. The summed E-state index contributed by atoms with van der Waals surface area (Å²) in [6.07, 6.45) is 17.1. The highest BCUT2D eigenvalue weighted by Gasteiger charge is 2.78. The molecule has 8 aliphatic rings. The van der Waals surface area contributed by atoms with Crippen LogP contribution in [0, 0.1) is 74.4 Å². The fourth-order valence-electron chi connectivity index (χ4n) is 17.6. The molecule has 0 radical (unpaired) electrons. The van der Waals surface area contributed by atoms with Crippen LogP contribution in [-0.2, 0) is 31.9 Å². The van der Waals surface area contributed by atoms with E-state index in [1.807, 2.05) is 21.6 Å². The van der Waals surface area contributed by atoms with Crippen LogP contribution in [-0.4, -0.2) is 69.3 Å². The van der Waals surface area contributed by atoms with Crippen molar-refractivity contribution in [3.05, 3.63) is 83.4 Å². The third-order valence-corrected chi connectivity index (χ3v) is 23.3. The van der Waals surface area contributed by atoms with E-state index in [1.165, 1.54) is 30.4 Å². The number of benzene rings is 2. The fourth-order valence-corrected chi connectivity index (χ4v) is 20.6. The zero-order valence-electron chi connectivity index (χ0n) is 42.5. The van der Waals surface area contributed by atoms with Gasteiger partial charge in [0.15, 0.2) is 0 Å². The summed E-state index contributed by atoms with van der Waals surface area (Å²) in [4.78, 5) is 29.1. The molecule has 13 atom stereocenters. The molecule has 3 heterocycles. The van der Waals surface area contributed by atoms with E-state index in [4.69, 9.17) is 9.47 Å². The van der Waals surface area contributed by atoms with E-state index in [9.17, 15) is 20.1 Å². The van der Waals surface area contributed by atoms with Gasteiger partial charge < -0.3 is 24.8 Å². The molecule has 4 bridgehead atoms. The largest absolute Gasteiger partial charge is 0.462 e. The summed E-state index contributed by atoms with van der Waals surface area (Å²) >= 11 is 0. The number of ether oxygens (including phenoxy) is 2. The minimum absolute atomic E-state index is 0.0211. The van der Waals surface area contributed by atoms with Gasteiger partial charge >= 0.3 is 11.9 Å². The van der Waals surface area contributed by atoms with Gasteiger partial charge in [0.05, 0.1) is 34.1 Å². The molecule has 5 aliphatic carbocycles. The number of rotatable bonds is 8. The predicted octanol–water partition coefficient (Wildman–Crippen LogP) is 12.3. The van der Waals surface area contributed by atoms with Gasteiger partial charge in [-0.1, -0.05) is 134 Å². The fraction of sp³-hybridized carbons (Fsp3) is 0.705. The standard InChI is InChI=1S/C61H82O7S2/c1-42-22-23-51(62)61-52(63)25-30-57(3,48-20-11-6-12-21-48)54(61)49-38-56(2,60(61,66)31-24-45-35-53(64)67-39-45)26-15-29-59(55(65)68-49)37-47(34-44-18-9-5-10-19-44)36-58(27-13-14-28-58)50(59)41-70-69-40-46(32-42)33-43-16-7-4-8-17-43/h4-5,7-10,16-19,35,42,46-52,54,62-63,66H,6,11-14,20-25,27-34,36-41H2,1-3H3. The van der Waals surface area contributed by atoms with Crippen molar-refractivity contribution < 1.29 is 34.4 Å². The SMILES string of the molecule is CC1CCC(O)C23C(O)CCC(C)(C4CCCCC4)C2C2CC(C)(C#CCC4(CC(Cc5ccccc5)CC5(CCCC5)C4CSSCC(Cc4ccccc4)C1)C(=O)O2)C3(O)CCC1=CC(=O)OC1. The molecule has 10 rings (SSSR count). The zero-order valence-corrected chi connectivity index (χ0v) is 44.1. The number of aliphatic hydroxyl groups excluding tert-OH is 2. The summed E-state index contributed by atoms with van der Waals surface area (Å²) < 4.78 is 13.0. The molecule has 2 aromatic rings. The van der Waals surface area contributed by atoms with E-state index >= 15 is 4.79 Å². The lowest BCUT2D eigenvalue weighted by Gasteiger charge is -2.72. The van der Waals surface area contributed by atoms with Gasteiger partial charge in [0.1, 0.15) is 12.7 Å². The van der Waals surface area contributed by atoms with Crippen LogP contribution in [0.15, 0.2) is 72.3 Å². The molecule has 9 heteroatoms. The van der Waals surface area contributed by atoms with Crippen LogP contribution in [0.4, 0.5) is 0 Å². The van der Waals surface area contributed by atoms with Crippen LogP contribution in [0.25, 0.3) is 0 Å². The second kappa shape index (κ2) is 20.5. The maximum Gasteiger partial charge on any atom is 0.331 e. The average Bonchev–Trinajstić information content (AvgIpc) is 4.01. The van der Waals surface area contributed by atoms with Crippen LogP contribution < -0.4 is 0 Å². The highest BCUT2D eigenvalue weighted by atomic mass is 33.1. The van der Waals surface area contributed by atoms with Gasteiger partial charge in [0, 0.05) is 36.3 Å². The highest BCUT2D eigenvalue weighted by Crippen LogP contribution is 2.73. The van der Waals surface area contributed by atoms with E-state index < -0.39 is 51.5 Å². The predicted molar refractivity (Wildman–Crippen MR) is 281 cm³/mol. The lowest BCUT2D eigenvalue weighted by molar-refractivity contribution is -0.339. The molecule has 6 fully saturated rings. The molecule has 2 aromatic carbocycles. The maximum atomic E-state index is 16.5. The summed E-state index contributed by atoms with van der Waals surface area (Å²) in [5, 5.41) is 41.7. The van der Waals surface area contributed by atoms with Crippen LogP contribution in [0.1, 0.15) is 160 Å². The highest BCUT2D eigenvalue weighted by molar-refractivity contribution is 8.76. The molecule has 0 aromatic heterocycles. The Bertz CT molecular complexity index is 2260. The Labute approximate surface area is 427 Å². The Morgan fingerprint density at radius 3 is 2.11 bits per heavy atom. The molecule has 70 heavy (non-hydrogen) atoms. The van der Waals surface area contributed by atoms with Crippen molar-refractivity contribution in [3.63, 3.8) is 0 Å².